The molecule has 0 atom stereocenters. The number of aryl methyl sites for hydroxylation is 1. The number of benzene rings is 2. The second-order valence-electron chi connectivity index (χ2n) is 5.87. The molecular formula is C18H20F2O2S. The summed E-state index contributed by atoms with van der Waals surface area (Å²) in [6, 6.07) is 11.0. The van der Waals surface area contributed by atoms with Crippen LogP contribution in [0.5, 0.6) is 0 Å². The van der Waals surface area contributed by atoms with Gasteiger partial charge in [0.15, 0.2) is 9.84 Å². The maximum Gasteiger partial charge on any atom is 0.156 e. The average Bonchev–Trinajstić information content (AvgIpc) is 2.48. The molecule has 2 nitrogen and oxygen atoms in total. The fourth-order valence-corrected chi connectivity index (χ4v) is 3.23. The summed E-state index contributed by atoms with van der Waals surface area (Å²) in [7, 11) is -3.13. The number of hydrogen-bond donors (Lipinski definition) is 0. The quantitative estimate of drug-likeness (QED) is 0.795. The molecule has 5 heteroatoms. The number of sulfone groups is 1. The van der Waals surface area contributed by atoms with Crippen molar-refractivity contribution in [2.24, 2.45) is 0 Å². The Labute approximate surface area is 136 Å². The minimum atomic E-state index is -3.13. The van der Waals surface area contributed by atoms with E-state index < -0.39 is 26.7 Å². The molecule has 2 aromatic carbocycles. The highest BCUT2D eigenvalue weighted by molar-refractivity contribution is 7.91. The first kappa shape index (κ1) is 17.6. The Hall–Kier alpha value is -1.75. The van der Waals surface area contributed by atoms with E-state index in [0.29, 0.717) is 6.42 Å². The van der Waals surface area contributed by atoms with Crippen molar-refractivity contribution >= 4 is 9.84 Å². The van der Waals surface area contributed by atoms with Crippen molar-refractivity contribution < 1.29 is 17.2 Å². The summed E-state index contributed by atoms with van der Waals surface area (Å²) in [6.07, 6.45) is 0.761. The molecule has 0 unspecified atom stereocenters. The number of halogens is 2. The lowest BCUT2D eigenvalue weighted by Gasteiger charge is -2.09. The van der Waals surface area contributed by atoms with Gasteiger partial charge in [-0.1, -0.05) is 30.3 Å². The number of rotatable bonds is 6. The molecule has 0 aromatic heterocycles. The highest BCUT2D eigenvalue weighted by Crippen LogP contribution is 2.17. The largest absolute Gasteiger partial charge is 0.228 e. The van der Waals surface area contributed by atoms with E-state index in [9.17, 15) is 17.2 Å². The third kappa shape index (κ3) is 4.61. The molecule has 0 heterocycles. The van der Waals surface area contributed by atoms with Gasteiger partial charge in [0.2, 0.25) is 0 Å². The minimum Gasteiger partial charge on any atom is -0.228 e. The van der Waals surface area contributed by atoms with Crippen LogP contribution < -0.4 is 0 Å². The lowest BCUT2D eigenvalue weighted by atomic mass is 10.0. The van der Waals surface area contributed by atoms with Gasteiger partial charge in [0.25, 0.3) is 0 Å². The van der Waals surface area contributed by atoms with Crippen LogP contribution in [0, 0.1) is 11.6 Å². The molecule has 0 saturated carbocycles. The molecule has 23 heavy (non-hydrogen) atoms. The molecule has 0 fully saturated rings. The van der Waals surface area contributed by atoms with Crippen molar-refractivity contribution in [2.75, 3.05) is 0 Å². The van der Waals surface area contributed by atoms with Crippen LogP contribution in [0.1, 0.15) is 30.5 Å². The monoisotopic (exact) mass is 338 g/mol. The molecule has 2 aromatic rings. The van der Waals surface area contributed by atoms with E-state index in [-0.39, 0.29) is 17.7 Å². The normalized spacial score (nSPS) is 11.9. The Morgan fingerprint density at radius 3 is 1.91 bits per heavy atom. The van der Waals surface area contributed by atoms with Gasteiger partial charge in [-0.05, 0) is 49.9 Å². The molecule has 0 aliphatic heterocycles. The fourth-order valence-electron chi connectivity index (χ4n) is 2.24. The molecule has 0 radical (unpaired) electrons. The van der Waals surface area contributed by atoms with Gasteiger partial charge in [-0.2, -0.15) is 0 Å². The van der Waals surface area contributed by atoms with E-state index in [1.807, 2.05) is 12.1 Å². The van der Waals surface area contributed by atoms with E-state index >= 15 is 0 Å². The van der Waals surface area contributed by atoms with Crippen LogP contribution in [0.4, 0.5) is 8.78 Å². The summed E-state index contributed by atoms with van der Waals surface area (Å²) in [4.78, 5) is 0. The zero-order valence-corrected chi connectivity index (χ0v) is 14.0. The van der Waals surface area contributed by atoms with Gasteiger partial charge < -0.3 is 0 Å². The van der Waals surface area contributed by atoms with E-state index in [2.05, 4.69) is 0 Å². The van der Waals surface area contributed by atoms with Gasteiger partial charge in [0.05, 0.1) is 11.0 Å². The molecule has 0 spiro atoms. The smallest absolute Gasteiger partial charge is 0.156 e. The maximum atomic E-state index is 13.6. The lowest BCUT2D eigenvalue weighted by molar-refractivity contribution is 0.554. The van der Waals surface area contributed by atoms with E-state index in [1.54, 1.807) is 26.0 Å². The molecule has 0 saturated heterocycles. The third-order valence-corrected chi connectivity index (χ3v) is 6.01. The Bertz CT molecular complexity index is 746. The van der Waals surface area contributed by atoms with E-state index in [1.165, 1.54) is 18.2 Å². The first-order chi connectivity index (χ1) is 10.8. The van der Waals surface area contributed by atoms with Gasteiger partial charge in [-0.3, -0.25) is 0 Å². The Balaban J connectivity index is 2.03. The lowest BCUT2D eigenvalue weighted by Crippen LogP contribution is -2.15. The standard InChI is InChI=1S/C18H20F2O2S/c1-13(2)23(21,22)12-15-8-6-14(7-9-15)10-11-16-17(19)4-3-5-18(16)20/h3-9,13H,10-12H2,1-2H3. The zero-order chi connectivity index (χ0) is 17.0. The minimum absolute atomic E-state index is 0.00683. The summed E-state index contributed by atoms with van der Waals surface area (Å²) in [5.74, 6) is -1.07. The van der Waals surface area contributed by atoms with Crippen LogP contribution in [-0.4, -0.2) is 13.7 Å². The van der Waals surface area contributed by atoms with Gasteiger partial charge in [-0.15, -0.1) is 0 Å². The zero-order valence-electron chi connectivity index (χ0n) is 13.2. The second kappa shape index (κ2) is 7.21. The third-order valence-electron chi connectivity index (χ3n) is 3.83. The maximum absolute atomic E-state index is 13.6. The van der Waals surface area contributed by atoms with Crippen LogP contribution in [0.2, 0.25) is 0 Å². The predicted octanol–water partition coefficient (Wildman–Crippen LogP) is 4.07. The molecule has 0 amide bonds. The van der Waals surface area contributed by atoms with E-state index in [0.717, 1.165) is 11.1 Å². The molecule has 2 rings (SSSR count). The Morgan fingerprint density at radius 2 is 1.39 bits per heavy atom. The molecule has 0 aliphatic carbocycles. The van der Waals surface area contributed by atoms with Crippen molar-refractivity contribution in [3.63, 3.8) is 0 Å². The molecule has 124 valence electrons. The van der Waals surface area contributed by atoms with Gasteiger partial charge >= 0.3 is 0 Å². The van der Waals surface area contributed by atoms with Gasteiger partial charge in [0.1, 0.15) is 11.6 Å². The van der Waals surface area contributed by atoms with Crippen molar-refractivity contribution in [3.05, 3.63) is 70.8 Å². The van der Waals surface area contributed by atoms with Gasteiger partial charge in [0, 0.05) is 5.56 Å². The summed E-state index contributed by atoms with van der Waals surface area (Å²) in [6.45, 7) is 3.32. The van der Waals surface area contributed by atoms with Crippen LogP contribution in [0.15, 0.2) is 42.5 Å². The molecular weight excluding hydrogens is 318 g/mol. The molecule has 0 N–H and O–H groups in total. The van der Waals surface area contributed by atoms with Crippen molar-refractivity contribution in [1.82, 2.24) is 0 Å². The highest BCUT2D eigenvalue weighted by atomic mass is 32.2. The van der Waals surface area contributed by atoms with Crippen LogP contribution in [-0.2, 0) is 28.4 Å². The second-order valence-corrected chi connectivity index (χ2v) is 8.43. The van der Waals surface area contributed by atoms with Crippen LogP contribution >= 0.6 is 0 Å². The predicted molar refractivity (Wildman–Crippen MR) is 88.0 cm³/mol. The van der Waals surface area contributed by atoms with Crippen molar-refractivity contribution in [1.29, 1.82) is 0 Å². The number of hydrogen-bond acceptors (Lipinski definition) is 2. The Morgan fingerprint density at radius 1 is 0.870 bits per heavy atom. The Kier molecular flexibility index (Phi) is 5.52. The summed E-state index contributed by atoms with van der Waals surface area (Å²) in [5, 5.41) is -0.411. The highest BCUT2D eigenvalue weighted by Gasteiger charge is 2.16. The van der Waals surface area contributed by atoms with Gasteiger partial charge in [-0.25, -0.2) is 17.2 Å². The fraction of sp³-hybridized carbons (Fsp3) is 0.333. The summed E-state index contributed by atoms with van der Waals surface area (Å²) < 4.78 is 50.9. The van der Waals surface area contributed by atoms with E-state index in [4.69, 9.17) is 0 Å². The SMILES string of the molecule is CC(C)S(=O)(=O)Cc1ccc(CCc2c(F)cccc2F)cc1. The molecule has 0 aliphatic rings. The summed E-state index contributed by atoms with van der Waals surface area (Å²) in [5.41, 5.74) is 1.72. The summed E-state index contributed by atoms with van der Waals surface area (Å²) >= 11 is 0. The first-order valence-electron chi connectivity index (χ1n) is 7.52. The van der Waals surface area contributed by atoms with Crippen molar-refractivity contribution in [3.8, 4) is 0 Å². The average molecular weight is 338 g/mol. The molecule has 0 bridgehead atoms. The topological polar surface area (TPSA) is 34.1 Å². The van der Waals surface area contributed by atoms with Crippen LogP contribution in [0.25, 0.3) is 0 Å². The first-order valence-corrected chi connectivity index (χ1v) is 9.23. The van der Waals surface area contributed by atoms with Crippen molar-refractivity contribution in [2.45, 2.75) is 37.7 Å². The van der Waals surface area contributed by atoms with Crippen LogP contribution in [0.3, 0.4) is 0 Å².